The molecular formula is C16H19F2N3O2. The van der Waals surface area contributed by atoms with Crippen molar-refractivity contribution in [2.45, 2.75) is 32.8 Å². The number of carbonyl (C=O) groups is 1. The van der Waals surface area contributed by atoms with Crippen LogP contribution in [0.2, 0.25) is 0 Å². The maximum Gasteiger partial charge on any atom is 0.254 e. The number of rotatable bonds is 7. The maximum absolute atomic E-state index is 13.7. The molecule has 1 atom stereocenters. The molecular weight excluding hydrogens is 304 g/mol. The van der Waals surface area contributed by atoms with E-state index in [4.69, 9.17) is 4.74 Å². The number of ether oxygens (including phenoxy) is 1. The second-order valence-corrected chi connectivity index (χ2v) is 5.12. The summed E-state index contributed by atoms with van der Waals surface area (Å²) in [6, 6.07) is 4.96. The number of amides is 1. The number of nitrogens with one attached hydrogen (secondary N) is 2. The van der Waals surface area contributed by atoms with E-state index in [0.717, 1.165) is 25.0 Å². The van der Waals surface area contributed by atoms with Gasteiger partial charge in [-0.1, -0.05) is 19.4 Å². The van der Waals surface area contributed by atoms with Gasteiger partial charge in [0, 0.05) is 12.7 Å². The molecule has 0 bridgehead atoms. The number of halogens is 2. The highest BCUT2D eigenvalue weighted by molar-refractivity contribution is 5.93. The van der Waals surface area contributed by atoms with Crippen molar-refractivity contribution < 1.29 is 18.3 Å². The fraction of sp³-hybridized carbons (Fsp3) is 0.375. The van der Waals surface area contributed by atoms with Gasteiger partial charge in [0.25, 0.3) is 5.91 Å². The third-order valence-electron chi connectivity index (χ3n) is 3.30. The Hall–Kier alpha value is -2.28. The van der Waals surface area contributed by atoms with Gasteiger partial charge in [-0.2, -0.15) is 5.10 Å². The highest BCUT2D eigenvalue weighted by atomic mass is 19.1. The smallest absolute Gasteiger partial charge is 0.254 e. The van der Waals surface area contributed by atoms with Crippen LogP contribution >= 0.6 is 0 Å². The number of hydrogen-bond acceptors (Lipinski definition) is 3. The monoisotopic (exact) mass is 323 g/mol. The second-order valence-electron chi connectivity index (χ2n) is 5.12. The predicted octanol–water partition coefficient (Wildman–Crippen LogP) is 3.50. The Balaban J connectivity index is 2.04. The minimum atomic E-state index is -0.706. The van der Waals surface area contributed by atoms with E-state index in [1.54, 1.807) is 6.92 Å². The van der Waals surface area contributed by atoms with E-state index in [1.807, 2.05) is 6.92 Å². The van der Waals surface area contributed by atoms with E-state index in [-0.39, 0.29) is 23.0 Å². The average Bonchev–Trinajstić information content (AvgIpc) is 2.95. The number of aromatic nitrogens is 2. The van der Waals surface area contributed by atoms with Crippen molar-refractivity contribution in [2.24, 2.45) is 0 Å². The summed E-state index contributed by atoms with van der Waals surface area (Å²) in [5, 5.41) is 8.91. The minimum Gasteiger partial charge on any atom is -0.369 e. The lowest BCUT2D eigenvalue weighted by Crippen LogP contribution is -2.28. The Morgan fingerprint density at radius 1 is 1.39 bits per heavy atom. The molecule has 0 aliphatic carbocycles. The van der Waals surface area contributed by atoms with Gasteiger partial charge < -0.3 is 10.1 Å². The summed E-state index contributed by atoms with van der Waals surface area (Å²) in [7, 11) is 0. The van der Waals surface area contributed by atoms with Crippen LogP contribution in [0.1, 0.15) is 26.7 Å². The van der Waals surface area contributed by atoms with Crippen LogP contribution in [0.15, 0.2) is 24.3 Å². The van der Waals surface area contributed by atoms with E-state index >= 15 is 0 Å². The number of carbonyl (C=O) groups excluding carboxylic acids is 1. The molecule has 1 aromatic heterocycles. The Morgan fingerprint density at radius 2 is 2.09 bits per heavy atom. The lowest BCUT2D eigenvalue weighted by Gasteiger charge is -2.11. The summed E-state index contributed by atoms with van der Waals surface area (Å²) in [5.74, 6) is -1.60. The SMILES string of the molecule is CCCCOC(C)C(=O)Nc1cc(-c2c(F)cccc2F)[nH]n1. The van der Waals surface area contributed by atoms with E-state index in [2.05, 4.69) is 15.5 Å². The molecule has 0 aliphatic heterocycles. The van der Waals surface area contributed by atoms with Gasteiger partial charge in [0.05, 0.1) is 11.3 Å². The molecule has 0 spiro atoms. The standard InChI is InChI=1S/C16H19F2N3O2/c1-3-4-8-23-10(2)16(22)19-14-9-13(20-21-14)15-11(17)6-5-7-12(15)18/h5-7,9-10H,3-4,8H2,1-2H3,(H2,19,20,21,22). The third kappa shape index (κ3) is 4.35. The van der Waals surface area contributed by atoms with E-state index < -0.39 is 17.7 Å². The van der Waals surface area contributed by atoms with Crippen molar-refractivity contribution in [1.82, 2.24) is 10.2 Å². The highest BCUT2D eigenvalue weighted by Gasteiger charge is 2.17. The van der Waals surface area contributed by atoms with Crippen molar-refractivity contribution in [3.8, 4) is 11.3 Å². The molecule has 5 nitrogen and oxygen atoms in total. The lowest BCUT2D eigenvalue weighted by atomic mass is 10.1. The van der Waals surface area contributed by atoms with Crippen LogP contribution in [-0.4, -0.2) is 28.8 Å². The quantitative estimate of drug-likeness (QED) is 0.766. The maximum atomic E-state index is 13.7. The molecule has 0 saturated heterocycles. The van der Waals surface area contributed by atoms with E-state index in [0.29, 0.717) is 6.61 Å². The molecule has 124 valence electrons. The first-order chi connectivity index (χ1) is 11.0. The first-order valence-corrected chi connectivity index (χ1v) is 7.45. The summed E-state index contributed by atoms with van der Waals surface area (Å²) in [4.78, 5) is 11.9. The van der Waals surface area contributed by atoms with Gasteiger partial charge in [-0.3, -0.25) is 9.89 Å². The fourth-order valence-electron chi connectivity index (χ4n) is 1.98. The Kier molecular flexibility index (Phi) is 5.81. The van der Waals surface area contributed by atoms with Gasteiger partial charge in [0.1, 0.15) is 17.7 Å². The van der Waals surface area contributed by atoms with E-state index in [1.165, 1.54) is 12.1 Å². The summed E-state index contributed by atoms with van der Waals surface area (Å²) in [6.45, 7) is 4.16. The van der Waals surface area contributed by atoms with Crippen LogP contribution in [-0.2, 0) is 9.53 Å². The van der Waals surface area contributed by atoms with Crippen LogP contribution in [0.25, 0.3) is 11.3 Å². The Morgan fingerprint density at radius 3 is 2.74 bits per heavy atom. The fourth-order valence-corrected chi connectivity index (χ4v) is 1.98. The molecule has 1 heterocycles. The Labute approximate surface area is 133 Å². The molecule has 0 aliphatic rings. The molecule has 2 aromatic rings. The molecule has 23 heavy (non-hydrogen) atoms. The predicted molar refractivity (Wildman–Crippen MR) is 82.9 cm³/mol. The van der Waals surface area contributed by atoms with Crippen LogP contribution in [0.4, 0.5) is 14.6 Å². The van der Waals surface area contributed by atoms with Crippen LogP contribution < -0.4 is 5.32 Å². The van der Waals surface area contributed by atoms with Crippen molar-refractivity contribution in [3.63, 3.8) is 0 Å². The van der Waals surface area contributed by atoms with E-state index in [9.17, 15) is 13.6 Å². The molecule has 0 fully saturated rings. The minimum absolute atomic E-state index is 0.149. The zero-order chi connectivity index (χ0) is 16.8. The van der Waals surface area contributed by atoms with Gasteiger partial charge in [-0.15, -0.1) is 0 Å². The van der Waals surface area contributed by atoms with Gasteiger partial charge in [0.2, 0.25) is 0 Å². The molecule has 1 unspecified atom stereocenters. The van der Waals surface area contributed by atoms with Crippen molar-refractivity contribution >= 4 is 11.7 Å². The Bertz CT molecular complexity index is 653. The number of H-pyrrole nitrogens is 1. The number of anilines is 1. The number of benzene rings is 1. The second kappa shape index (κ2) is 7.82. The van der Waals surface area contributed by atoms with Gasteiger partial charge in [-0.05, 0) is 25.5 Å². The van der Waals surface area contributed by atoms with Gasteiger partial charge >= 0.3 is 0 Å². The first kappa shape index (κ1) is 17.1. The molecule has 0 radical (unpaired) electrons. The van der Waals surface area contributed by atoms with Crippen LogP contribution in [0.3, 0.4) is 0 Å². The third-order valence-corrected chi connectivity index (χ3v) is 3.30. The highest BCUT2D eigenvalue weighted by Crippen LogP contribution is 2.25. The van der Waals surface area contributed by atoms with Gasteiger partial charge in [0.15, 0.2) is 5.82 Å². The summed E-state index contributed by atoms with van der Waals surface area (Å²) >= 11 is 0. The van der Waals surface area contributed by atoms with Crippen molar-refractivity contribution in [1.29, 1.82) is 0 Å². The van der Waals surface area contributed by atoms with Crippen molar-refractivity contribution in [3.05, 3.63) is 35.9 Å². The van der Waals surface area contributed by atoms with Crippen LogP contribution in [0, 0.1) is 11.6 Å². The van der Waals surface area contributed by atoms with Crippen molar-refractivity contribution in [2.75, 3.05) is 11.9 Å². The normalized spacial score (nSPS) is 12.2. The van der Waals surface area contributed by atoms with Crippen LogP contribution in [0.5, 0.6) is 0 Å². The average molecular weight is 323 g/mol. The number of aromatic amines is 1. The zero-order valence-corrected chi connectivity index (χ0v) is 13.0. The lowest BCUT2D eigenvalue weighted by molar-refractivity contribution is -0.126. The number of unbranched alkanes of at least 4 members (excludes halogenated alkanes) is 1. The first-order valence-electron chi connectivity index (χ1n) is 7.45. The molecule has 7 heteroatoms. The number of hydrogen-bond donors (Lipinski definition) is 2. The zero-order valence-electron chi connectivity index (χ0n) is 13.0. The topological polar surface area (TPSA) is 67.0 Å². The molecule has 1 aromatic carbocycles. The summed E-state index contributed by atoms with van der Waals surface area (Å²) in [6.07, 6.45) is 1.22. The van der Waals surface area contributed by atoms with Gasteiger partial charge in [-0.25, -0.2) is 8.78 Å². The largest absolute Gasteiger partial charge is 0.369 e. The number of nitrogens with zero attached hydrogens (tertiary/aromatic N) is 1. The molecule has 1 amide bonds. The summed E-state index contributed by atoms with van der Waals surface area (Å²) in [5.41, 5.74) is -0.0665. The molecule has 0 saturated carbocycles. The summed E-state index contributed by atoms with van der Waals surface area (Å²) < 4.78 is 32.8. The molecule has 2 N–H and O–H groups in total. The molecule has 2 rings (SSSR count).